The van der Waals surface area contributed by atoms with Gasteiger partial charge >= 0.3 is 0 Å². The van der Waals surface area contributed by atoms with Gasteiger partial charge in [0.25, 0.3) is 0 Å². The van der Waals surface area contributed by atoms with Crippen LogP contribution in [-0.4, -0.2) is 12.4 Å². The van der Waals surface area contributed by atoms with Gasteiger partial charge in [0.15, 0.2) is 5.78 Å². The summed E-state index contributed by atoms with van der Waals surface area (Å²) >= 11 is 1.68. The van der Waals surface area contributed by atoms with Gasteiger partial charge in [0.1, 0.15) is 29.6 Å². The zero-order valence-electron chi connectivity index (χ0n) is 3.40. The third-order valence-corrected chi connectivity index (χ3v) is 0.569. The van der Waals surface area contributed by atoms with Gasteiger partial charge < -0.3 is 3.07 Å². The molecule has 0 saturated carbocycles. The molecule has 3 heteroatoms. The molecule has 0 heterocycles. The highest BCUT2D eigenvalue weighted by Crippen LogP contribution is 1.82. The third-order valence-electron chi connectivity index (χ3n) is 0.258. The zero-order chi connectivity index (χ0) is 4.99. The molecule has 0 radical (unpaired) electrons. The van der Waals surface area contributed by atoms with Crippen molar-refractivity contribution in [3.63, 3.8) is 0 Å². The van der Waals surface area contributed by atoms with Crippen LogP contribution in [0.15, 0.2) is 0 Å². The smallest absolute Gasteiger partial charge is 0.156 e. The van der Waals surface area contributed by atoms with Crippen LogP contribution in [0.25, 0.3) is 0 Å². The fourth-order valence-electron chi connectivity index (χ4n) is 0.0768. The van der Waals surface area contributed by atoms with E-state index < -0.39 is 0 Å². The molecular weight excluding hydrogens is 195 g/mol. The van der Waals surface area contributed by atoms with Gasteiger partial charge in [-0.3, -0.25) is 4.79 Å². The van der Waals surface area contributed by atoms with Crippen LogP contribution in [0.5, 0.6) is 0 Å². The van der Waals surface area contributed by atoms with Crippen molar-refractivity contribution in [3.8, 4) is 0 Å². The summed E-state index contributed by atoms with van der Waals surface area (Å²) in [4.78, 5) is 9.91. The lowest BCUT2D eigenvalue weighted by atomic mass is 10.5. The minimum Gasteiger partial charge on any atom is -0.308 e. The van der Waals surface area contributed by atoms with Crippen molar-refractivity contribution in [2.24, 2.45) is 0 Å². The summed E-state index contributed by atoms with van der Waals surface area (Å²) in [6.07, 6.45) is 0. The number of carbonyl (C=O) groups excluding carboxylic acids is 1. The molecule has 0 bridgehead atoms. The Balaban J connectivity index is 2.83. The Morgan fingerprint density at radius 1 is 2.00 bits per heavy atom. The molecule has 0 aromatic carbocycles. The Kier molecular flexibility index (Phi) is 3.76. The Morgan fingerprint density at radius 3 is 2.50 bits per heavy atom. The van der Waals surface area contributed by atoms with E-state index in [4.69, 9.17) is 0 Å². The summed E-state index contributed by atoms with van der Waals surface area (Å²) in [5.74, 6) is 0.0596. The molecule has 0 rings (SSSR count). The first-order chi connectivity index (χ1) is 2.77. The van der Waals surface area contributed by atoms with E-state index in [9.17, 15) is 4.79 Å². The predicted molar refractivity (Wildman–Crippen MR) is 30.7 cm³/mol. The van der Waals surface area contributed by atoms with E-state index in [2.05, 4.69) is 3.07 Å². The standard InChI is InChI=1S/C3H5IO2/c1-3(5)2-6-4/h2H2,1H3. The molecule has 0 aliphatic carbocycles. The Labute approximate surface area is 50.6 Å². The Hall–Kier alpha value is 0.360. The second kappa shape index (κ2) is 3.55. The van der Waals surface area contributed by atoms with Crippen LogP contribution in [-0.2, 0) is 7.86 Å². The second-order valence-corrected chi connectivity index (χ2v) is 1.58. The van der Waals surface area contributed by atoms with E-state index in [0.29, 0.717) is 0 Å². The third kappa shape index (κ3) is 4.36. The van der Waals surface area contributed by atoms with Crippen molar-refractivity contribution >= 4 is 28.8 Å². The molecule has 0 saturated heterocycles. The highest BCUT2D eigenvalue weighted by Gasteiger charge is 1.85. The van der Waals surface area contributed by atoms with Gasteiger partial charge in [-0.05, 0) is 6.92 Å². The molecule has 36 valence electrons. The van der Waals surface area contributed by atoms with Gasteiger partial charge in [0.2, 0.25) is 0 Å². The lowest BCUT2D eigenvalue weighted by Crippen LogP contribution is -1.95. The first-order valence-corrected chi connectivity index (χ1v) is 2.38. The van der Waals surface area contributed by atoms with E-state index in [0.717, 1.165) is 0 Å². The first-order valence-electron chi connectivity index (χ1n) is 1.50. The predicted octanol–water partition coefficient (Wildman–Crippen LogP) is 0.942. The summed E-state index contributed by atoms with van der Waals surface area (Å²) in [7, 11) is 0. The normalized spacial score (nSPS) is 8.33. The number of ketones is 1. The first kappa shape index (κ1) is 6.36. The summed E-state index contributed by atoms with van der Waals surface area (Å²) in [5.41, 5.74) is 0. The average Bonchev–Trinajstić information content (AvgIpc) is 1.35. The fraction of sp³-hybridized carbons (Fsp3) is 0.667. The van der Waals surface area contributed by atoms with Crippen molar-refractivity contribution in [2.75, 3.05) is 6.61 Å². The quantitative estimate of drug-likeness (QED) is 0.620. The maximum absolute atomic E-state index is 9.91. The van der Waals surface area contributed by atoms with E-state index in [1.165, 1.54) is 6.92 Å². The number of hydrogen-bond donors (Lipinski definition) is 0. The second-order valence-electron chi connectivity index (χ2n) is 0.955. The molecule has 0 aliphatic heterocycles. The molecule has 0 aromatic rings. The fourth-order valence-corrected chi connectivity index (χ4v) is 0.515. The number of Topliss-reactive ketones (excluding diaryl/α,β-unsaturated/α-hetero) is 1. The molecule has 0 amide bonds. The zero-order valence-corrected chi connectivity index (χ0v) is 5.56. The Morgan fingerprint density at radius 2 is 2.50 bits per heavy atom. The molecule has 0 spiro atoms. The van der Waals surface area contributed by atoms with Gasteiger partial charge in [-0.2, -0.15) is 0 Å². The van der Waals surface area contributed by atoms with Crippen LogP contribution in [0.2, 0.25) is 0 Å². The maximum Gasteiger partial charge on any atom is 0.156 e. The number of carbonyl (C=O) groups is 1. The summed E-state index contributed by atoms with van der Waals surface area (Å²) in [6.45, 7) is 1.71. The summed E-state index contributed by atoms with van der Waals surface area (Å²) in [5, 5.41) is 0. The van der Waals surface area contributed by atoms with Crippen LogP contribution in [0.1, 0.15) is 6.92 Å². The SMILES string of the molecule is CC(=O)COI. The minimum absolute atomic E-state index is 0.0596. The molecule has 0 N–H and O–H groups in total. The molecule has 0 fully saturated rings. The number of halogens is 1. The average molecular weight is 200 g/mol. The van der Waals surface area contributed by atoms with Gasteiger partial charge in [-0.25, -0.2) is 0 Å². The molecule has 0 atom stereocenters. The highest BCUT2D eigenvalue weighted by atomic mass is 127. The van der Waals surface area contributed by atoms with E-state index in [-0.39, 0.29) is 12.4 Å². The molecule has 0 aromatic heterocycles. The maximum atomic E-state index is 9.91. The highest BCUT2D eigenvalue weighted by molar-refractivity contribution is 14.1. The lowest BCUT2D eigenvalue weighted by molar-refractivity contribution is -0.118. The van der Waals surface area contributed by atoms with Crippen molar-refractivity contribution in [3.05, 3.63) is 0 Å². The number of rotatable bonds is 2. The van der Waals surface area contributed by atoms with Crippen molar-refractivity contribution in [1.82, 2.24) is 0 Å². The molecule has 0 aliphatic rings. The Bertz CT molecular complexity index is 52.8. The lowest BCUT2D eigenvalue weighted by Gasteiger charge is -1.81. The van der Waals surface area contributed by atoms with Gasteiger partial charge in [-0.15, -0.1) is 0 Å². The van der Waals surface area contributed by atoms with Crippen LogP contribution in [0.4, 0.5) is 0 Å². The van der Waals surface area contributed by atoms with Gasteiger partial charge in [0.05, 0.1) is 0 Å². The monoisotopic (exact) mass is 200 g/mol. The van der Waals surface area contributed by atoms with Gasteiger partial charge in [0, 0.05) is 0 Å². The van der Waals surface area contributed by atoms with Crippen LogP contribution in [0.3, 0.4) is 0 Å². The molecular formula is C3H5IO2. The van der Waals surface area contributed by atoms with Crippen LogP contribution >= 0.6 is 23.0 Å². The van der Waals surface area contributed by atoms with Crippen LogP contribution < -0.4 is 0 Å². The summed E-state index contributed by atoms with van der Waals surface area (Å²) in [6, 6.07) is 0. The summed E-state index contributed by atoms with van der Waals surface area (Å²) < 4.78 is 4.42. The van der Waals surface area contributed by atoms with E-state index >= 15 is 0 Å². The van der Waals surface area contributed by atoms with Gasteiger partial charge in [-0.1, -0.05) is 0 Å². The minimum atomic E-state index is 0.0596. The van der Waals surface area contributed by atoms with E-state index in [1.807, 2.05) is 0 Å². The van der Waals surface area contributed by atoms with E-state index in [1.54, 1.807) is 23.0 Å². The van der Waals surface area contributed by atoms with Crippen molar-refractivity contribution < 1.29 is 7.86 Å². The topological polar surface area (TPSA) is 26.3 Å². The molecule has 6 heavy (non-hydrogen) atoms. The van der Waals surface area contributed by atoms with Crippen LogP contribution in [0, 0.1) is 0 Å². The van der Waals surface area contributed by atoms with Crippen molar-refractivity contribution in [1.29, 1.82) is 0 Å². The molecule has 2 nitrogen and oxygen atoms in total. The number of hydrogen-bond acceptors (Lipinski definition) is 2. The largest absolute Gasteiger partial charge is 0.308 e. The molecule has 0 unspecified atom stereocenters. The van der Waals surface area contributed by atoms with Crippen molar-refractivity contribution in [2.45, 2.75) is 6.92 Å².